The first-order valence-electron chi connectivity index (χ1n) is 9.88. The molecule has 136 valence electrons. The van der Waals surface area contributed by atoms with Gasteiger partial charge in [0.25, 0.3) is 0 Å². The van der Waals surface area contributed by atoms with E-state index in [0.29, 0.717) is 0 Å². The first-order chi connectivity index (χ1) is 13.7. The molecule has 0 saturated heterocycles. The number of rotatable bonds is 2. The van der Waals surface area contributed by atoms with Crippen molar-refractivity contribution < 1.29 is 0 Å². The molecule has 0 bridgehead atoms. The number of hydrogen-bond donors (Lipinski definition) is 0. The van der Waals surface area contributed by atoms with Crippen LogP contribution in [0.25, 0.3) is 27.6 Å². The van der Waals surface area contributed by atoms with Crippen LogP contribution in [0.3, 0.4) is 0 Å². The fraction of sp³-hybridized carbons (Fsp3) is 0.111. The van der Waals surface area contributed by atoms with E-state index in [1.54, 1.807) is 5.31 Å². The molecule has 0 radical (unpaired) electrons. The van der Waals surface area contributed by atoms with E-state index in [4.69, 9.17) is 0 Å². The Labute approximate surface area is 168 Å². The lowest BCUT2D eigenvalue weighted by atomic mass is 9.95. The molecule has 1 unspecified atom stereocenters. The molecule has 1 atom stereocenters. The van der Waals surface area contributed by atoms with Gasteiger partial charge in [0.05, 0.1) is 0 Å². The average molecular weight is 378 g/mol. The van der Waals surface area contributed by atoms with Crippen molar-refractivity contribution in [2.45, 2.75) is 19.8 Å². The summed E-state index contributed by atoms with van der Waals surface area (Å²) in [5, 5.41) is 4.35. The van der Waals surface area contributed by atoms with E-state index in [1.165, 1.54) is 44.0 Å². The summed E-state index contributed by atoms with van der Waals surface area (Å²) in [6, 6.07) is 26.5. The summed E-state index contributed by atoms with van der Waals surface area (Å²) in [4.78, 5) is 0. The largest absolute Gasteiger partial charge is 0.0900 e. The second kappa shape index (κ2) is 7.04. The minimum atomic E-state index is -0.540. The summed E-state index contributed by atoms with van der Waals surface area (Å²) >= 11 is 0. The lowest BCUT2D eigenvalue weighted by molar-refractivity contribution is 0.997. The molecule has 0 fully saturated rings. The molecule has 1 heteroatoms. The van der Waals surface area contributed by atoms with Gasteiger partial charge in [-0.05, 0) is 83.1 Å². The van der Waals surface area contributed by atoms with Crippen molar-refractivity contribution >= 4 is 18.5 Å². The molecule has 0 aromatic heterocycles. The molecule has 0 spiro atoms. The van der Waals surface area contributed by atoms with E-state index in [2.05, 4.69) is 98.5 Å². The molecule has 0 amide bonds. The number of allylic oxidation sites excluding steroid dienone is 4. The van der Waals surface area contributed by atoms with Crippen molar-refractivity contribution in [3.8, 4) is 22.3 Å². The Hall–Kier alpha value is -2.69. The molecule has 0 N–H and O–H groups in total. The summed E-state index contributed by atoms with van der Waals surface area (Å²) in [7, 11) is -0.540. The Bertz CT molecular complexity index is 1130. The van der Waals surface area contributed by atoms with Gasteiger partial charge in [0.2, 0.25) is 0 Å². The Morgan fingerprint density at radius 3 is 2.32 bits per heavy atom. The van der Waals surface area contributed by atoms with Gasteiger partial charge in [-0.3, -0.25) is 0 Å². The van der Waals surface area contributed by atoms with Crippen molar-refractivity contribution in [3.63, 3.8) is 0 Å². The number of hydrogen-bond acceptors (Lipinski definition) is 0. The molecular formula is C27H23P. The van der Waals surface area contributed by atoms with Gasteiger partial charge >= 0.3 is 0 Å². The van der Waals surface area contributed by atoms with Crippen molar-refractivity contribution in [3.05, 3.63) is 108 Å². The van der Waals surface area contributed by atoms with Crippen molar-refractivity contribution in [1.29, 1.82) is 0 Å². The normalized spacial score (nSPS) is 18.0. The molecule has 1 heterocycles. The van der Waals surface area contributed by atoms with Crippen LogP contribution in [-0.4, -0.2) is 0 Å². The minimum absolute atomic E-state index is 0.540. The summed E-state index contributed by atoms with van der Waals surface area (Å²) in [5.41, 5.74) is 8.00. The maximum absolute atomic E-state index is 4.60. The highest BCUT2D eigenvalue weighted by Gasteiger charge is 2.31. The van der Waals surface area contributed by atoms with Crippen LogP contribution in [0, 0.1) is 0 Å². The zero-order valence-electron chi connectivity index (χ0n) is 16.2. The third-order valence-electron chi connectivity index (χ3n) is 5.78. The maximum atomic E-state index is 4.60. The zero-order chi connectivity index (χ0) is 19.1. The van der Waals surface area contributed by atoms with Crippen LogP contribution >= 0.6 is 7.92 Å². The summed E-state index contributed by atoms with van der Waals surface area (Å²) in [6.45, 7) is 6.86. The Morgan fingerprint density at radius 1 is 0.786 bits per heavy atom. The topological polar surface area (TPSA) is 0 Å². The smallest absolute Gasteiger partial charge is 0.00748 e. The molecule has 0 nitrogen and oxygen atoms in total. The number of fused-ring (bicyclic) bond motifs is 3. The van der Waals surface area contributed by atoms with Crippen LogP contribution in [0.15, 0.2) is 102 Å². The van der Waals surface area contributed by atoms with Gasteiger partial charge in [-0.15, -0.1) is 0 Å². The van der Waals surface area contributed by atoms with Crippen LogP contribution in [0.2, 0.25) is 0 Å². The van der Waals surface area contributed by atoms with Gasteiger partial charge in [-0.25, -0.2) is 0 Å². The Morgan fingerprint density at radius 2 is 1.54 bits per heavy atom. The van der Waals surface area contributed by atoms with Crippen molar-refractivity contribution in [2.24, 2.45) is 0 Å². The lowest BCUT2D eigenvalue weighted by Crippen LogP contribution is -2.14. The monoisotopic (exact) mass is 378 g/mol. The highest BCUT2D eigenvalue weighted by Crippen LogP contribution is 2.63. The van der Waals surface area contributed by atoms with Crippen LogP contribution in [-0.2, 0) is 0 Å². The Kier molecular flexibility index (Phi) is 4.38. The fourth-order valence-corrected chi connectivity index (χ4v) is 7.14. The third kappa shape index (κ3) is 2.81. The predicted molar refractivity (Wildman–Crippen MR) is 124 cm³/mol. The minimum Gasteiger partial charge on any atom is -0.0900 e. The third-order valence-corrected chi connectivity index (χ3v) is 8.55. The number of benzene rings is 3. The average Bonchev–Trinajstić information content (AvgIpc) is 2.75. The van der Waals surface area contributed by atoms with E-state index < -0.39 is 7.92 Å². The van der Waals surface area contributed by atoms with Crippen LogP contribution in [0.5, 0.6) is 0 Å². The molecule has 1 aliphatic carbocycles. The molecule has 3 aromatic rings. The van der Waals surface area contributed by atoms with Gasteiger partial charge in [0.15, 0.2) is 0 Å². The van der Waals surface area contributed by atoms with E-state index in [-0.39, 0.29) is 0 Å². The van der Waals surface area contributed by atoms with Gasteiger partial charge in [0, 0.05) is 0 Å². The van der Waals surface area contributed by atoms with Gasteiger partial charge in [0.1, 0.15) is 0 Å². The standard InChI is InChI=1S/C27H23P/c1-19-10-6-9-15-26(19)28-20(2)23-13-7-8-14-24(23)25-18-22(16-17-27(25)28)21-11-4-3-5-12-21/h3-8,10-14,16-18H,2,9,15H2,1H3. The lowest BCUT2D eigenvalue weighted by Gasteiger charge is -2.34. The maximum Gasteiger partial charge on any atom is -0.00748 e. The van der Waals surface area contributed by atoms with E-state index in [9.17, 15) is 0 Å². The fourth-order valence-electron chi connectivity index (χ4n) is 4.36. The summed E-state index contributed by atoms with van der Waals surface area (Å²) in [5.74, 6) is 0. The molecule has 28 heavy (non-hydrogen) atoms. The molecule has 5 rings (SSSR count). The predicted octanol–water partition coefficient (Wildman–Crippen LogP) is 7.74. The van der Waals surface area contributed by atoms with Crippen molar-refractivity contribution in [2.75, 3.05) is 0 Å². The summed E-state index contributed by atoms with van der Waals surface area (Å²) in [6.07, 6.45) is 6.88. The van der Waals surface area contributed by atoms with Gasteiger partial charge in [-0.1, -0.05) is 85.5 Å². The molecule has 3 aromatic carbocycles. The van der Waals surface area contributed by atoms with Crippen molar-refractivity contribution in [1.82, 2.24) is 0 Å². The zero-order valence-corrected chi connectivity index (χ0v) is 17.0. The Balaban J connectivity index is 1.75. The second-order valence-corrected chi connectivity index (χ2v) is 9.73. The molecular weight excluding hydrogens is 355 g/mol. The van der Waals surface area contributed by atoms with Crippen LogP contribution in [0.4, 0.5) is 0 Å². The second-order valence-electron chi connectivity index (χ2n) is 7.50. The SMILES string of the molecule is C=C1c2ccccc2-c2cc(-c3ccccc3)ccc2P1C1=C(C)C=CCC1. The molecule has 2 aliphatic rings. The molecule has 1 aliphatic heterocycles. The van der Waals surface area contributed by atoms with E-state index in [0.717, 1.165) is 12.8 Å². The van der Waals surface area contributed by atoms with Crippen LogP contribution in [0.1, 0.15) is 25.3 Å². The molecule has 0 saturated carbocycles. The highest BCUT2D eigenvalue weighted by atomic mass is 31.1. The quantitative estimate of drug-likeness (QED) is 0.400. The first-order valence-corrected chi connectivity index (χ1v) is 11.2. The van der Waals surface area contributed by atoms with Crippen LogP contribution < -0.4 is 5.30 Å². The highest BCUT2D eigenvalue weighted by molar-refractivity contribution is 7.79. The summed E-state index contributed by atoms with van der Waals surface area (Å²) < 4.78 is 0. The van der Waals surface area contributed by atoms with Gasteiger partial charge in [-0.2, -0.15) is 0 Å². The van der Waals surface area contributed by atoms with E-state index in [1.807, 2.05) is 0 Å². The first kappa shape index (κ1) is 17.4. The van der Waals surface area contributed by atoms with Gasteiger partial charge < -0.3 is 0 Å². The van der Waals surface area contributed by atoms with E-state index >= 15 is 0 Å².